The van der Waals surface area contributed by atoms with E-state index in [1.54, 1.807) is 25.1 Å². The van der Waals surface area contributed by atoms with Crippen LogP contribution in [-0.2, 0) is 11.3 Å². The first-order chi connectivity index (χ1) is 9.53. The van der Waals surface area contributed by atoms with Gasteiger partial charge in [-0.25, -0.2) is 0 Å². The summed E-state index contributed by atoms with van der Waals surface area (Å²) < 4.78 is 10.9. The Morgan fingerprint density at radius 1 is 1.60 bits per heavy atom. The zero-order valence-electron chi connectivity index (χ0n) is 11.6. The predicted octanol–water partition coefficient (Wildman–Crippen LogP) is 1.88. The molecule has 0 saturated carbocycles. The SMILES string of the molecule is C=CCNC(=O)C(C)Oc1c(CN)cc(Cl)cc1OC. The Morgan fingerprint density at radius 3 is 2.85 bits per heavy atom. The summed E-state index contributed by atoms with van der Waals surface area (Å²) in [6.07, 6.45) is 0.911. The van der Waals surface area contributed by atoms with Crippen LogP contribution in [0.25, 0.3) is 0 Å². The molecule has 0 aliphatic carbocycles. The van der Waals surface area contributed by atoms with Gasteiger partial charge in [0.1, 0.15) is 0 Å². The van der Waals surface area contributed by atoms with Crippen molar-refractivity contribution in [2.75, 3.05) is 13.7 Å². The topological polar surface area (TPSA) is 73.6 Å². The van der Waals surface area contributed by atoms with Crippen molar-refractivity contribution < 1.29 is 14.3 Å². The summed E-state index contributed by atoms with van der Waals surface area (Å²) >= 11 is 5.97. The maximum atomic E-state index is 11.8. The van der Waals surface area contributed by atoms with Gasteiger partial charge < -0.3 is 20.5 Å². The van der Waals surface area contributed by atoms with Crippen LogP contribution in [0.1, 0.15) is 12.5 Å². The lowest BCUT2D eigenvalue weighted by Gasteiger charge is -2.19. The molecule has 6 heteroatoms. The first kappa shape index (κ1) is 16.3. The number of amides is 1. The molecule has 0 aliphatic heterocycles. The van der Waals surface area contributed by atoms with Gasteiger partial charge in [-0.15, -0.1) is 6.58 Å². The molecule has 110 valence electrons. The summed E-state index contributed by atoms with van der Waals surface area (Å²) in [5.41, 5.74) is 6.35. The Bertz CT molecular complexity index is 466. The van der Waals surface area contributed by atoms with Gasteiger partial charge in [0, 0.05) is 29.7 Å². The van der Waals surface area contributed by atoms with E-state index in [9.17, 15) is 4.79 Å². The summed E-state index contributed by atoms with van der Waals surface area (Å²) in [6.45, 7) is 5.79. The van der Waals surface area contributed by atoms with E-state index >= 15 is 0 Å². The number of hydrogen-bond donors (Lipinski definition) is 2. The van der Waals surface area contributed by atoms with Crippen LogP contribution < -0.4 is 20.5 Å². The number of nitrogens with one attached hydrogen (secondary N) is 1. The van der Waals surface area contributed by atoms with E-state index in [1.165, 1.54) is 7.11 Å². The molecule has 1 amide bonds. The van der Waals surface area contributed by atoms with Crippen LogP contribution in [0.15, 0.2) is 24.8 Å². The maximum absolute atomic E-state index is 11.8. The molecule has 1 aromatic rings. The van der Waals surface area contributed by atoms with Gasteiger partial charge in [-0.2, -0.15) is 0 Å². The van der Waals surface area contributed by atoms with Crippen LogP contribution in [0.4, 0.5) is 0 Å². The Labute approximate surface area is 123 Å². The van der Waals surface area contributed by atoms with Gasteiger partial charge in [0.05, 0.1) is 7.11 Å². The van der Waals surface area contributed by atoms with Crippen molar-refractivity contribution in [1.82, 2.24) is 5.32 Å². The minimum atomic E-state index is -0.685. The van der Waals surface area contributed by atoms with Crippen LogP contribution >= 0.6 is 11.6 Å². The monoisotopic (exact) mass is 298 g/mol. The smallest absolute Gasteiger partial charge is 0.261 e. The summed E-state index contributed by atoms with van der Waals surface area (Å²) in [6, 6.07) is 3.30. The van der Waals surface area contributed by atoms with Gasteiger partial charge in [0.15, 0.2) is 17.6 Å². The van der Waals surface area contributed by atoms with Gasteiger partial charge in [-0.05, 0) is 13.0 Å². The molecule has 5 nitrogen and oxygen atoms in total. The van der Waals surface area contributed by atoms with Gasteiger partial charge in [0.2, 0.25) is 0 Å². The molecule has 0 saturated heterocycles. The molecule has 0 bridgehead atoms. The number of methoxy groups -OCH3 is 1. The third-order valence-electron chi connectivity index (χ3n) is 2.62. The third kappa shape index (κ3) is 4.15. The number of hydrogen-bond acceptors (Lipinski definition) is 4. The fourth-order valence-electron chi connectivity index (χ4n) is 1.61. The van der Waals surface area contributed by atoms with Gasteiger partial charge in [-0.3, -0.25) is 4.79 Å². The zero-order valence-corrected chi connectivity index (χ0v) is 12.4. The minimum absolute atomic E-state index is 0.229. The van der Waals surface area contributed by atoms with E-state index in [4.69, 9.17) is 26.8 Å². The van der Waals surface area contributed by atoms with Crippen LogP contribution in [0.2, 0.25) is 5.02 Å². The van der Waals surface area contributed by atoms with Crippen molar-refractivity contribution >= 4 is 17.5 Å². The number of benzene rings is 1. The predicted molar refractivity (Wildman–Crippen MR) is 79.2 cm³/mol. The summed E-state index contributed by atoms with van der Waals surface area (Å²) in [7, 11) is 1.50. The molecule has 20 heavy (non-hydrogen) atoms. The lowest BCUT2D eigenvalue weighted by Crippen LogP contribution is -2.36. The number of ether oxygens (including phenoxy) is 2. The van der Waals surface area contributed by atoms with E-state index in [2.05, 4.69) is 11.9 Å². The second kappa shape index (κ2) is 7.77. The molecule has 0 aromatic heterocycles. The lowest BCUT2D eigenvalue weighted by atomic mass is 10.2. The first-order valence-corrected chi connectivity index (χ1v) is 6.53. The molecular formula is C14H19ClN2O3. The van der Waals surface area contributed by atoms with Gasteiger partial charge in [0.25, 0.3) is 5.91 Å². The molecule has 1 atom stereocenters. The van der Waals surface area contributed by atoms with E-state index < -0.39 is 6.10 Å². The highest BCUT2D eigenvalue weighted by Gasteiger charge is 2.19. The average Bonchev–Trinajstić information content (AvgIpc) is 2.45. The Kier molecular flexibility index (Phi) is 6.35. The minimum Gasteiger partial charge on any atom is -0.493 e. The Balaban J connectivity index is 2.95. The number of carbonyl (C=O) groups excluding carboxylic acids is 1. The Morgan fingerprint density at radius 2 is 2.30 bits per heavy atom. The summed E-state index contributed by atoms with van der Waals surface area (Å²) in [4.78, 5) is 11.8. The average molecular weight is 299 g/mol. The second-order valence-electron chi connectivity index (χ2n) is 4.09. The van der Waals surface area contributed by atoms with E-state index in [0.717, 1.165) is 0 Å². The van der Waals surface area contributed by atoms with Crippen molar-refractivity contribution in [3.05, 3.63) is 35.4 Å². The quantitative estimate of drug-likeness (QED) is 0.754. The highest BCUT2D eigenvalue weighted by molar-refractivity contribution is 6.30. The van der Waals surface area contributed by atoms with Crippen molar-refractivity contribution in [1.29, 1.82) is 0 Å². The summed E-state index contributed by atoms with van der Waals surface area (Å²) in [5.74, 6) is 0.631. The van der Waals surface area contributed by atoms with Gasteiger partial charge >= 0.3 is 0 Å². The number of carbonyl (C=O) groups is 1. The van der Waals surface area contributed by atoms with E-state index in [-0.39, 0.29) is 12.5 Å². The van der Waals surface area contributed by atoms with Crippen LogP contribution in [0.5, 0.6) is 11.5 Å². The van der Waals surface area contributed by atoms with Crippen molar-refractivity contribution in [2.24, 2.45) is 5.73 Å². The Hall–Kier alpha value is -1.72. The molecular weight excluding hydrogens is 280 g/mol. The maximum Gasteiger partial charge on any atom is 0.261 e. The number of rotatable bonds is 7. The highest BCUT2D eigenvalue weighted by atomic mass is 35.5. The molecule has 1 rings (SSSR count). The van der Waals surface area contributed by atoms with E-state index in [1.807, 2.05) is 0 Å². The van der Waals surface area contributed by atoms with Crippen molar-refractivity contribution in [3.8, 4) is 11.5 Å². The third-order valence-corrected chi connectivity index (χ3v) is 2.84. The standard InChI is InChI=1S/C14H19ClN2O3/c1-4-5-17-14(18)9(2)20-13-10(8-16)6-11(15)7-12(13)19-3/h4,6-7,9H,1,5,8,16H2,2-3H3,(H,17,18). The molecule has 0 aliphatic rings. The first-order valence-electron chi connectivity index (χ1n) is 6.15. The van der Waals surface area contributed by atoms with E-state index in [0.29, 0.717) is 28.6 Å². The normalized spacial score (nSPS) is 11.6. The highest BCUT2D eigenvalue weighted by Crippen LogP contribution is 2.35. The molecule has 3 N–H and O–H groups in total. The molecule has 0 spiro atoms. The van der Waals surface area contributed by atoms with Crippen LogP contribution in [0.3, 0.4) is 0 Å². The zero-order chi connectivity index (χ0) is 15.1. The molecule has 0 heterocycles. The summed E-state index contributed by atoms with van der Waals surface area (Å²) in [5, 5.41) is 3.16. The van der Waals surface area contributed by atoms with Gasteiger partial charge in [-0.1, -0.05) is 17.7 Å². The molecule has 0 fully saturated rings. The molecule has 1 unspecified atom stereocenters. The fraction of sp³-hybridized carbons (Fsp3) is 0.357. The van der Waals surface area contributed by atoms with Crippen molar-refractivity contribution in [2.45, 2.75) is 19.6 Å². The second-order valence-corrected chi connectivity index (χ2v) is 4.53. The number of halogens is 1. The largest absolute Gasteiger partial charge is 0.493 e. The lowest BCUT2D eigenvalue weighted by molar-refractivity contribution is -0.127. The van der Waals surface area contributed by atoms with Crippen LogP contribution in [0, 0.1) is 0 Å². The van der Waals surface area contributed by atoms with Crippen molar-refractivity contribution in [3.63, 3.8) is 0 Å². The molecule has 1 aromatic carbocycles. The number of nitrogens with two attached hydrogens (primary N) is 1. The van der Waals surface area contributed by atoms with Crippen LogP contribution in [-0.4, -0.2) is 25.7 Å². The fourth-order valence-corrected chi connectivity index (χ4v) is 1.84. The molecule has 0 radical (unpaired) electrons.